The molecule has 1 aromatic carbocycles. The molecule has 2 heterocycles. The Labute approximate surface area is 116 Å². The first kappa shape index (κ1) is 12.4. The predicted molar refractivity (Wildman–Crippen MR) is 78.8 cm³/mol. The number of fused-ring (bicyclic) bond motifs is 1. The molecule has 0 bridgehead atoms. The smallest absolute Gasteiger partial charge is 0.228 e. The van der Waals surface area contributed by atoms with Crippen molar-refractivity contribution in [3.63, 3.8) is 0 Å². The van der Waals surface area contributed by atoms with E-state index in [9.17, 15) is 4.79 Å². The summed E-state index contributed by atoms with van der Waals surface area (Å²) >= 11 is 1.71. The maximum absolute atomic E-state index is 11.8. The first-order valence-corrected chi connectivity index (χ1v) is 7.19. The van der Waals surface area contributed by atoms with E-state index in [1.165, 1.54) is 10.3 Å². The van der Waals surface area contributed by atoms with E-state index in [-0.39, 0.29) is 11.8 Å². The summed E-state index contributed by atoms with van der Waals surface area (Å²) in [4.78, 5) is 20.3. The summed E-state index contributed by atoms with van der Waals surface area (Å²) in [6.07, 6.45) is 0. The Morgan fingerprint density at radius 3 is 2.84 bits per heavy atom. The van der Waals surface area contributed by atoms with E-state index in [4.69, 9.17) is 0 Å². The molecule has 1 fully saturated rings. The summed E-state index contributed by atoms with van der Waals surface area (Å²) in [5.41, 5.74) is 2.31. The summed E-state index contributed by atoms with van der Waals surface area (Å²) in [5, 5.41) is 1.03. The molecule has 0 N–H and O–H groups in total. The van der Waals surface area contributed by atoms with Crippen LogP contribution in [0, 0.1) is 12.8 Å². The van der Waals surface area contributed by atoms with E-state index in [2.05, 4.69) is 35.0 Å². The highest BCUT2D eigenvalue weighted by Crippen LogP contribution is 2.33. The molecule has 0 spiro atoms. The van der Waals surface area contributed by atoms with Gasteiger partial charge >= 0.3 is 0 Å². The van der Waals surface area contributed by atoms with Crippen LogP contribution < -0.4 is 4.90 Å². The largest absolute Gasteiger partial charge is 0.348 e. The number of carbonyl (C=O) groups excluding carboxylic acids is 1. The molecule has 1 saturated heterocycles. The van der Waals surface area contributed by atoms with Crippen LogP contribution in [0.4, 0.5) is 5.13 Å². The number of amides is 1. The van der Waals surface area contributed by atoms with Gasteiger partial charge in [-0.3, -0.25) is 4.79 Å². The fourth-order valence-corrected chi connectivity index (χ4v) is 3.39. The molecular formula is C14H17N3OS. The van der Waals surface area contributed by atoms with Gasteiger partial charge < -0.3 is 9.80 Å². The van der Waals surface area contributed by atoms with Gasteiger partial charge in [0.1, 0.15) is 0 Å². The number of hydrogen-bond donors (Lipinski definition) is 0. The molecule has 0 aliphatic carbocycles. The normalized spacial score (nSPS) is 15.6. The maximum Gasteiger partial charge on any atom is 0.228 e. The van der Waals surface area contributed by atoms with Crippen molar-refractivity contribution >= 4 is 32.6 Å². The van der Waals surface area contributed by atoms with Gasteiger partial charge in [0.05, 0.1) is 16.1 Å². The SMILES string of the molecule is Cc1ccc2nc(N3CC(C(=O)N(C)C)C3)sc2c1. The highest BCUT2D eigenvalue weighted by atomic mass is 32.1. The fourth-order valence-electron chi connectivity index (χ4n) is 2.31. The standard InChI is InChI=1S/C14H17N3OS/c1-9-4-5-11-12(6-9)19-14(15-11)17-7-10(8-17)13(18)16(2)3/h4-6,10H,7-8H2,1-3H3. The van der Waals surface area contributed by atoms with Crippen LogP contribution >= 0.6 is 11.3 Å². The van der Waals surface area contributed by atoms with Crippen LogP contribution in [-0.4, -0.2) is 43.0 Å². The first-order valence-electron chi connectivity index (χ1n) is 6.38. The number of aromatic nitrogens is 1. The van der Waals surface area contributed by atoms with Crippen LogP contribution in [0.5, 0.6) is 0 Å². The topological polar surface area (TPSA) is 36.4 Å². The third kappa shape index (κ3) is 2.18. The van der Waals surface area contributed by atoms with Gasteiger partial charge in [-0.15, -0.1) is 0 Å². The molecule has 1 aliphatic heterocycles. The Morgan fingerprint density at radius 1 is 1.42 bits per heavy atom. The summed E-state index contributed by atoms with van der Waals surface area (Å²) < 4.78 is 1.22. The van der Waals surface area contributed by atoms with Crippen LogP contribution in [0.15, 0.2) is 18.2 Å². The number of aryl methyl sites for hydroxylation is 1. The zero-order valence-electron chi connectivity index (χ0n) is 11.4. The molecule has 5 heteroatoms. The summed E-state index contributed by atoms with van der Waals surface area (Å²) in [5.74, 6) is 0.344. The fraction of sp³-hybridized carbons (Fsp3) is 0.429. The quantitative estimate of drug-likeness (QED) is 0.842. The second-order valence-corrected chi connectivity index (χ2v) is 6.31. The summed E-state index contributed by atoms with van der Waals surface area (Å²) in [6, 6.07) is 6.31. The Kier molecular flexibility index (Phi) is 2.93. The van der Waals surface area contributed by atoms with Crippen LogP contribution in [0.25, 0.3) is 10.2 Å². The van der Waals surface area contributed by atoms with Crippen LogP contribution in [0.3, 0.4) is 0 Å². The summed E-state index contributed by atoms with van der Waals surface area (Å²) in [6.45, 7) is 3.67. The van der Waals surface area contributed by atoms with Crippen LogP contribution in [0.1, 0.15) is 5.56 Å². The number of benzene rings is 1. The highest BCUT2D eigenvalue weighted by molar-refractivity contribution is 7.22. The van der Waals surface area contributed by atoms with Gasteiger partial charge in [0.15, 0.2) is 5.13 Å². The lowest BCUT2D eigenvalue weighted by Gasteiger charge is -2.39. The Balaban J connectivity index is 1.75. The average Bonchev–Trinajstić information content (AvgIpc) is 2.69. The van der Waals surface area contributed by atoms with Gasteiger partial charge in [-0.05, 0) is 24.6 Å². The molecule has 4 nitrogen and oxygen atoms in total. The minimum absolute atomic E-state index is 0.128. The molecule has 0 unspecified atom stereocenters. The molecule has 2 aromatic rings. The van der Waals surface area contributed by atoms with Gasteiger partial charge in [-0.1, -0.05) is 17.4 Å². The van der Waals surface area contributed by atoms with E-state index in [1.807, 2.05) is 14.1 Å². The van der Waals surface area contributed by atoms with Crippen molar-refractivity contribution in [3.05, 3.63) is 23.8 Å². The van der Waals surface area contributed by atoms with Crippen molar-refractivity contribution in [1.29, 1.82) is 0 Å². The van der Waals surface area contributed by atoms with Crippen molar-refractivity contribution in [3.8, 4) is 0 Å². The van der Waals surface area contributed by atoms with E-state index < -0.39 is 0 Å². The molecule has 1 aliphatic rings. The molecule has 0 radical (unpaired) electrons. The molecular weight excluding hydrogens is 258 g/mol. The minimum atomic E-state index is 0.128. The number of carbonyl (C=O) groups is 1. The number of anilines is 1. The molecule has 1 amide bonds. The van der Waals surface area contributed by atoms with Crippen molar-refractivity contribution in [2.24, 2.45) is 5.92 Å². The predicted octanol–water partition coefficient (Wildman–Crippen LogP) is 2.13. The second kappa shape index (κ2) is 4.49. The van der Waals surface area contributed by atoms with E-state index in [0.29, 0.717) is 0 Å². The zero-order chi connectivity index (χ0) is 13.6. The monoisotopic (exact) mass is 275 g/mol. The number of rotatable bonds is 2. The highest BCUT2D eigenvalue weighted by Gasteiger charge is 2.35. The third-order valence-electron chi connectivity index (χ3n) is 3.47. The Morgan fingerprint density at radius 2 is 2.16 bits per heavy atom. The first-order chi connectivity index (χ1) is 9.04. The van der Waals surface area contributed by atoms with E-state index in [0.717, 1.165) is 23.7 Å². The lowest BCUT2D eigenvalue weighted by atomic mass is 10.00. The van der Waals surface area contributed by atoms with Crippen molar-refractivity contribution in [1.82, 2.24) is 9.88 Å². The number of hydrogen-bond acceptors (Lipinski definition) is 4. The summed E-state index contributed by atoms with van der Waals surface area (Å²) in [7, 11) is 3.62. The van der Waals surface area contributed by atoms with Gasteiger partial charge in [0.2, 0.25) is 5.91 Å². The van der Waals surface area contributed by atoms with Gasteiger partial charge in [0.25, 0.3) is 0 Å². The maximum atomic E-state index is 11.8. The molecule has 100 valence electrons. The minimum Gasteiger partial charge on any atom is -0.348 e. The molecule has 0 saturated carbocycles. The number of nitrogens with zero attached hydrogens (tertiary/aromatic N) is 3. The Hall–Kier alpha value is -1.62. The van der Waals surface area contributed by atoms with Crippen molar-refractivity contribution in [2.75, 3.05) is 32.1 Å². The average molecular weight is 275 g/mol. The van der Waals surface area contributed by atoms with Gasteiger partial charge in [0, 0.05) is 27.2 Å². The van der Waals surface area contributed by atoms with E-state index >= 15 is 0 Å². The zero-order valence-corrected chi connectivity index (χ0v) is 12.2. The van der Waals surface area contributed by atoms with E-state index in [1.54, 1.807) is 16.2 Å². The van der Waals surface area contributed by atoms with Gasteiger partial charge in [-0.2, -0.15) is 0 Å². The number of thiazole rings is 1. The third-order valence-corrected chi connectivity index (χ3v) is 4.55. The van der Waals surface area contributed by atoms with Gasteiger partial charge in [-0.25, -0.2) is 4.98 Å². The lowest BCUT2D eigenvalue weighted by Crippen LogP contribution is -2.53. The van der Waals surface area contributed by atoms with Crippen LogP contribution in [0.2, 0.25) is 0 Å². The molecule has 1 aromatic heterocycles. The molecule has 19 heavy (non-hydrogen) atoms. The van der Waals surface area contributed by atoms with Crippen molar-refractivity contribution in [2.45, 2.75) is 6.92 Å². The van der Waals surface area contributed by atoms with Crippen molar-refractivity contribution < 1.29 is 4.79 Å². The van der Waals surface area contributed by atoms with Crippen LogP contribution in [-0.2, 0) is 4.79 Å². The second-order valence-electron chi connectivity index (χ2n) is 5.30. The Bertz CT molecular complexity index is 629. The molecule has 0 atom stereocenters. The lowest BCUT2D eigenvalue weighted by molar-refractivity contribution is -0.133. The molecule has 3 rings (SSSR count).